The van der Waals surface area contributed by atoms with Crippen LogP contribution in [-0.2, 0) is 19.1 Å². The van der Waals surface area contributed by atoms with E-state index in [-0.39, 0.29) is 23.8 Å². The van der Waals surface area contributed by atoms with Crippen molar-refractivity contribution in [2.45, 2.75) is 143 Å². The summed E-state index contributed by atoms with van der Waals surface area (Å²) in [6.07, 6.45) is 21.0. The van der Waals surface area contributed by atoms with Crippen molar-refractivity contribution in [3.8, 4) is 0 Å². The molecule has 232 valence electrons. The van der Waals surface area contributed by atoms with E-state index in [4.69, 9.17) is 9.47 Å². The second-order valence-electron chi connectivity index (χ2n) is 16.9. The van der Waals surface area contributed by atoms with Crippen LogP contribution in [0.4, 0.5) is 0 Å². The van der Waals surface area contributed by atoms with Crippen LogP contribution < -0.4 is 0 Å². The van der Waals surface area contributed by atoms with E-state index < -0.39 is 0 Å². The summed E-state index contributed by atoms with van der Waals surface area (Å²) in [5, 5.41) is 0. The largest absolute Gasteiger partial charge is 0.393 e. The van der Waals surface area contributed by atoms with E-state index in [1.807, 2.05) is 0 Å². The molecule has 41 heavy (non-hydrogen) atoms. The average molecular weight is 569 g/mol. The van der Waals surface area contributed by atoms with Crippen LogP contribution in [0.2, 0.25) is 0 Å². The molecule has 0 N–H and O–H groups in total. The van der Waals surface area contributed by atoms with Gasteiger partial charge in [0.15, 0.2) is 0 Å². The van der Waals surface area contributed by atoms with Gasteiger partial charge in [-0.2, -0.15) is 0 Å². The third-order valence-corrected chi connectivity index (χ3v) is 14.5. The first kappa shape index (κ1) is 30.1. The molecule has 12 atom stereocenters. The number of esters is 2. The standard InChI is InChI=1S/C37H60O4/c1-23(2)7-6-8-24(3)31-13-14-32-29-12-10-26-22-27(15-18-36(26,4)33(29)16-19-37(31,32)5)40-20-17-25-9-11-28-30(21-25)35(39)41-34(28)38/h23-33H,6-22H2,1-5H3. The smallest absolute Gasteiger partial charge is 0.317 e. The molecule has 0 aromatic carbocycles. The minimum atomic E-state index is -0.281. The van der Waals surface area contributed by atoms with Gasteiger partial charge in [-0.25, -0.2) is 0 Å². The van der Waals surface area contributed by atoms with Crippen LogP contribution >= 0.6 is 0 Å². The van der Waals surface area contributed by atoms with Gasteiger partial charge < -0.3 is 9.47 Å². The van der Waals surface area contributed by atoms with Crippen LogP contribution in [0, 0.1) is 70.0 Å². The molecule has 0 aromatic rings. The van der Waals surface area contributed by atoms with Crippen molar-refractivity contribution in [2.24, 2.45) is 70.0 Å². The first-order chi connectivity index (χ1) is 19.6. The van der Waals surface area contributed by atoms with Gasteiger partial charge in [-0.05, 0) is 142 Å². The maximum Gasteiger partial charge on any atom is 0.317 e. The highest BCUT2D eigenvalue weighted by atomic mass is 16.6. The summed E-state index contributed by atoms with van der Waals surface area (Å²) in [6, 6.07) is 0. The number of rotatable bonds is 9. The van der Waals surface area contributed by atoms with Crippen molar-refractivity contribution in [1.29, 1.82) is 0 Å². The predicted octanol–water partition coefficient (Wildman–Crippen LogP) is 9.00. The van der Waals surface area contributed by atoms with Gasteiger partial charge >= 0.3 is 11.9 Å². The molecule has 1 saturated heterocycles. The van der Waals surface area contributed by atoms with Gasteiger partial charge in [0.2, 0.25) is 0 Å². The number of fused-ring (bicyclic) bond motifs is 6. The molecule has 0 aromatic heterocycles. The molecule has 0 bridgehead atoms. The summed E-state index contributed by atoms with van der Waals surface area (Å²) in [4.78, 5) is 23.9. The van der Waals surface area contributed by atoms with Crippen LogP contribution in [0.25, 0.3) is 0 Å². The summed E-state index contributed by atoms with van der Waals surface area (Å²) in [5.41, 5.74) is 1.10. The molecule has 0 amide bonds. The van der Waals surface area contributed by atoms with Crippen molar-refractivity contribution in [1.82, 2.24) is 0 Å². The van der Waals surface area contributed by atoms with Crippen LogP contribution in [0.15, 0.2) is 0 Å². The molecule has 0 spiro atoms. The van der Waals surface area contributed by atoms with Gasteiger partial charge in [-0.15, -0.1) is 0 Å². The van der Waals surface area contributed by atoms with Crippen molar-refractivity contribution < 1.29 is 19.1 Å². The predicted molar refractivity (Wildman–Crippen MR) is 163 cm³/mol. The minimum absolute atomic E-state index is 0.170. The Morgan fingerprint density at radius 2 is 1.56 bits per heavy atom. The molecule has 4 heteroatoms. The van der Waals surface area contributed by atoms with E-state index in [0.717, 1.165) is 73.7 Å². The van der Waals surface area contributed by atoms with Gasteiger partial charge in [-0.1, -0.05) is 53.9 Å². The monoisotopic (exact) mass is 568 g/mol. The van der Waals surface area contributed by atoms with E-state index in [2.05, 4.69) is 34.6 Å². The molecule has 6 rings (SSSR count). The summed E-state index contributed by atoms with van der Waals surface area (Å²) >= 11 is 0. The van der Waals surface area contributed by atoms with Crippen molar-refractivity contribution in [2.75, 3.05) is 6.61 Å². The molecule has 6 aliphatic rings. The van der Waals surface area contributed by atoms with Crippen molar-refractivity contribution >= 4 is 11.9 Å². The van der Waals surface area contributed by atoms with Gasteiger partial charge in [0.25, 0.3) is 0 Å². The second-order valence-corrected chi connectivity index (χ2v) is 16.9. The molecular formula is C37H60O4. The summed E-state index contributed by atoms with van der Waals surface area (Å²) in [6.45, 7) is 13.6. The Labute approximate surface area is 250 Å². The summed E-state index contributed by atoms with van der Waals surface area (Å²) < 4.78 is 11.5. The quantitative estimate of drug-likeness (QED) is 0.206. The Kier molecular flexibility index (Phi) is 8.74. The van der Waals surface area contributed by atoms with Crippen LogP contribution in [0.1, 0.15) is 137 Å². The maximum absolute atomic E-state index is 12.1. The van der Waals surface area contributed by atoms with E-state index >= 15 is 0 Å². The first-order valence-corrected chi connectivity index (χ1v) is 18.0. The minimum Gasteiger partial charge on any atom is -0.393 e. The van der Waals surface area contributed by atoms with Crippen molar-refractivity contribution in [3.63, 3.8) is 0 Å². The number of ether oxygens (including phenoxy) is 2. The Morgan fingerprint density at radius 1 is 0.805 bits per heavy atom. The third kappa shape index (κ3) is 5.59. The highest BCUT2D eigenvalue weighted by Crippen LogP contribution is 2.68. The zero-order chi connectivity index (χ0) is 28.9. The lowest BCUT2D eigenvalue weighted by molar-refractivity contribution is -0.153. The molecule has 12 unspecified atom stereocenters. The number of carbonyl (C=O) groups excluding carboxylic acids is 2. The fourth-order valence-corrected chi connectivity index (χ4v) is 12.1. The Morgan fingerprint density at radius 3 is 2.37 bits per heavy atom. The lowest BCUT2D eigenvalue weighted by atomic mass is 9.44. The van der Waals surface area contributed by atoms with E-state index in [9.17, 15) is 9.59 Å². The van der Waals surface area contributed by atoms with E-state index in [0.29, 0.717) is 22.9 Å². The molecule has 1 heterocycles. The topological polar surface area (TPSA) is 52.6 Å². The SMILES string of the molecule is CC(C)CCCC(C)C1CCC2C3CCC4CC(OCCC5CCC6C(=O)OC(=O)C6C5)CCC4(C)C3CCC12C. The average Bonchev–Trinajstić information content (AvgIpc) is 3.43. The van der Waals surface area contributed by atoms with Gasteiger partial charge in [-0.3, -0.25) is 9.59 Å². The molecule has 5 aliphatic carbocycles. The lowest BCUT2D eigenvalue weighted by Crippen LogP contribution is -2.54. The first-order valence-electron chi connectivity index (χ1n) is 18.0. The van der Waals surface area contributed by atoms with E-state index in [1.165, 1.54) is 77.0 Å². The molecule has 0 radical (unpaired) electrons. The normalized spacial score (nSPS) is 46.4. The van der Waals surface area contributed by atoms with Gasteiger partial charge in [0.05, 0.1) is 17.9 Å². The molecule has 5 saturated carbocycles. The molecule has 6 fully saturated rings. The zero-order valence-electron chi connectivity index (χ0n) is 27.0. The fraction of sp³-hybridized carbons (Fsp3) is 0.946. The van der Waals surface area contributed by atoms with Gasteiger partial charge in [0, 0.05) is 6.61 Å². The van der Waals surface area contributed by atoms with Crippen LogP contribution in [0.3, 0.4) is 0 Å². The summed E-state index contributed by atoms with van der Waals surface area (Å²) in [5.74, 6) is 5.94. The number of hydrogen-bond donors (Lipinski definition) is 0. The van der Waals surface area contributed by atoms with E-state index in [1.54, 1.807) is 0 Å². The molecular weight excluding hydrogens is 508 g/mol. The molecule has 1 aliphatic heterocycles. The van der Waals surface area contributed by atoms with Crippen LogP contribution in [0.5, 0.6) is 0 Å². The van der Waals surface area contributed by atoms with Crippen LogP contribution in [-0.4, -0.2) is 24.6 Å². The maximum atomic E-state index is 12.1. The number of cyclic esters (lactones) is 2. The highest BCUT2D eigenvalue weighted by molar-refractivity contribution is 5.96. The lowest BCUT2D eigenvalue weighted by Gasteiger charge is -2.61. The molecule has 4 nitrogen and oxygen atoms in total. The Balaban J connectivity index is 0.997. The number of carbonyl (C=O) groups is 2. The van der Waals surface area contributed by atoms with Gasteiger partial charge in [0.1, 0.15) is 0 Å². The summed E-state index contributed by atoms with van der Waals surface area (Å²) in [7, 11) is 0. The third-order valence-electron chi connectivity index (χ3n) is 14.5. The zero-order valence-corrected chi connectivity index (χ0v) is 27.0. The second kappa shape index (κ2) is 11.9. The number of hydrogen-bond acceptors (Lipinski definition) is 4. The van der Waals surface area contributed by atoms with Crippen molar-refractivity contribution in [3.05, 3.63) is 0 Å². The Hall–Kier alpha value is -0.900. The Bertz CT molecular complexity index is 959. The highest BCUT2D eigenvalue weighted by Gasteiger charge is 2.60. The fourth-order valence-electron chi connectivity index (χ4n) is 12.1.